The molecule has 146 valence electrons. The Morgan fingerprint density at radius 2 is 2.11 bits per heavy atom. The third-order valence-corrected chi connectivity index (χ3v) is 6.19. The number of nitrogens with zero attached hydrogens (tertiary/aromatic N) is 3. The van der Waals surface area contributed by atoms with Crippen molar-refractivity contribution in [2.45, 2.75) is 32.5 Å². The van der Waals surface area contributed by atoms with Gasteiger partial charge in [0.2, 0.25) is 0 Å². The summed E-state index contributed by atoms with van der Waals surface area (Å²) >= 11 is 1.89. The topological polar surface area (TPSA) is 40.1 Å². The molecular weight excluding hydrogens is 356 g/mol. The van der Waals surface area contributed by atoms with E-state index < -0.39 is 0 Å². The molecule has 0 spiro atoms. The predicted octanol–water partition coefficient (Wildman–Crippen LogP) is 3.21. The van der Waals surface area contributed by atoms with E-state index in [1.807, 2.05) is 30.5 Å². The third kappa shape index (κ3) is 5.02. The second-order valence-corrected chi connectivity index (χ2v) is 8.07. The van der Waals surface area contributed by atoms with Gasteiger partial charge >= 0.3 is 0 Å². The molecule has 1 aliphatic heterocycles. The number of hydrogen-bond donors (Lipinski definition) is 1. The molecule has 0 fully saturated rings. The number of methoxy groups -OCH3 is 1. The highest BCUT2D eigenvalue weighted by molar-refractivity contribution is 7.10. The van der Waals surface area contributed by atoms with Crippen molar-refractivity contribution in [1.29, 1.82) is 0 Å². The minimum Gasteiger partial charge on any atom is -0.497 e. The Balaban J connectivity index is 1.50. The zero-order chi connectivity index (χ0) is 19.2. The summed E-state index contributed by atoms with van der Waals surface area (Å²) in [6.07, 6.45) is 1.17. The Labute approximate surface area is 166 Å². The van der Waals surface area contributed by atoms with Crippen LogP contribution in [0.15, 0.2) is 40.7 Å². The summed E-state index contributed by atoms with van der Waals surface area (Å²) in [5.74, 6) is 1.80. The maximum Gasteiger partial charge on any atom is 0.193 e. The molecule has 2 aromatic rings. The minimum absolute atomic E-state index is 0.462. The third-order valence-electron chi connectivity index (χ3n) is 5.17. The fourth-order valence-electron chi connectivity index (χ4n) is 3.48. The number of aliphatic imine (C=N–C) groups is 1. The molecule has 27 heavy (non-hydrogen) atoms. The molecule has 2 heterocycles. The average molecular weight is 387 g/mol. The SMILES string of the molecule is CN=C(NCC(C)N1CCc2sccc2C1)N(C)Cc1ccc(OC)cc1. The van der Waals surface area contributed by atoms with Crippen molar-refractivity contribution in [1.82, 2.24) is 15.1 Å². The first-order valence-corrected chi connectivity index (χ1v) is 10.3. The molecule has 1 aromatic heterocycles. The van der Waals surface area contributed by atoms with Crippen LogP contribution in [0, 0.1) is 0 Å². The van der Waals surface area contributed by atoms with Crippen LogP contribution in [0.25, 0.3) is 0 Å². The van der Waals surface area contributed by atoms with E-state index in [0.717, 1.165) is 37.9 Å². The maximum atomic E-state index is 5.23. The molecule has 5 nitrogen and oxygen atoms in total. The number of hydrogen-bond acceptors (Lipinski definition) is 4. The van der Waals surface area contributed by atoms with Gasteiger partial charge in [-0.2, -0.15) is 0 Å². The summed E-state index contributed by atoms with van der Waals surface area (Å²) < 4.78 is 5.23. The van der Waals surface area contributed by atoms with E-state index in [0.29, 0.717) is 6.04 Å². The molecule has 0 saturated heterocycles. The second kappa shape index (κ2) is 9.24. The Kier molecular flexibility index (Phi) is 6.74. The Hall–Kier alpha value is -2.05. The molecule has 1 aromatic carbocycles. The van der Waals surface area contributed by atoms with Crippen LogP contribution < -0.4 is 10.1 Å². The summed E-state index contributed by atoms with van der Waals surface area (Å²) in [5.41, 5.74) is 2.73. The van der Waals surface area contributed by atoms with E-state index in [1.165, 1.54) is 17.5 Å². The van der Waals surface area contributed by atoms with Gasteiger partial charge in [0.25, 0.3) is 0 Å². The second-order valence-electron chi connectivity index (χ2n) is 7.07. The van der Waals surface area contributed by atoms with Crippen molar-refractivity contribution in [3.05, 3.63) is 51.7 Å². The summed E-state index contributed by atoms with van der Waals surface area (Å²) in [6, 6.07) is 10.9. The molecule has 0 bridgehead atoms. The molecule has 0 saturated carbocycles. The van der Waals surface area contributed by atoms with Crippen molar-refractivity contribution in [2.75, 3.05) is 34.3 Å². The number of ether oxygens (including phenoxy) is 1. The van der Waals surface area contributed by atoms with E-state index in [1.54, 1.807) is 12.0 Å². The first-order chi connectivity index (χ1) is 13.1. The predicted molar refractivity (Wildman–Crippen MR) is 114 cm³/mol. The van der Waals surface area contributed by atoms with Crippen molar-refractivity contribution in [3.8, 4) is 5.75 Å². The van der Waals surface area contributed by atoms with Crippen LogP contribution in [-0.2, 0) is 19.5 Å². The molecule has 1 aliphatic rings. The van der Waals surface area contributed by atoms with Gasteiger partial charge in [0.1, 0.15) is 5.75 Å². The molecule has 1 N–H and O–H groups in total. The lowest BCUT2D eigenvalue weighted by Crippen LogP contribution is -2.47. The quantitative estimate of drug-likeness (QED) is 0.611. The number of rotatable bonds is 6. The van der Waals surface area contributed by atoms with Gasteiger partial charge in [-0.1, -0.05) is 12.1 Å². The molecular formula is C21H30N4OS. The lowest BCUT2D eigenvalue weighted by atomic mass is 10.1. The number of thiophene rings is 1. The van der Waals surface area contributed by atoms with E-state index in [-0.39, 0.29) is 0 Å². The molecule has 1 atom stereocenters. The maximum absolute atomic E-state index is 5.23. The molecule has 6 heteroatoms. The summed E-state index contributed by atoms with van der Waals surface area (Å²) in [4.78, 5) is 10.7. The largest absolute Gasteiger partial charge is 0.497 e. The lowest BCUT2D eigenvalue weighted by molar-refractivity contribution is 0.192. The van der Waals surface area contributed by atoms with Crippen molar-refractivity contribution >= 4 is 17.3 Å². The van der Waals surface area contributed by atoms with Gasteiger partial charge in [0, 0.05) is 51.2 Å². The monoisotopic (exact) mass is 386 g/mol. The highest BCUT2D eigenvalue weighted by atomic mass is 32.1. The van der Waals surface area contributed by atoms with Gasteiger partial charge < -0.3 is 15.0 Å². The van der Waals surface area contributed by atoms with E-state index >= 15 is 0 Å². The molecule has 0 aliphatic carbocycles. The van der Waals surface area contributed by atoms with Gasteiger partial charge in [-0.05, 0) is 48.1 Å². The Morgan fingerprint density at radius 1 is 1.33 bits per heavy atom. The van der Waals surface area contributed by atoms with E-state index in [4.69, 9.17) is 4.74 Å². The van der Waals surface area contributed by atoms with Crippen LogP contribution in [0.3, 0.4) is 0 Å². The van der Waals surface area contributed by atoms with Crippen LogP contribution in [-0.4, -0.2) is 56.1 Å². The summed E-state index contributed by atoms with van der Waals surface area (Å²) in [5, 5.41) is 5.75. The molecule has 0 radical (unpaired) electrons. The first-order valence-electron chi connectivity index (χ1n) is 9.44. The average Bonchev–Trinajstić information content (AvgIpc) is 3.16. The zero-order valence-electron chi connectivity index (χ0n) is 16.7. The van der Waals surface area contributed by atoms with E-state index in [9.17, 15) is 0 Å². The van der Waals surface area contributed by atoms with Crippen molar-refractivity contribution in [3.63, 3.8) is 0 Å². The summed E-state index contributed by atoms with van der Waals surface area (Å²) in [6.45, 7) is 6.18. The number of nitrogens with one attached hydrogen (secondary N) is 1. The lowest BCUT2D eigenvalue weighted by Gasteiger charge is -2.33. The van der Waals surface area contributed by atoms with Crippen LogP contribution in [0.5, 0.6) is 5.75 Å². The normalized spacial score (nSPS) is 15.9. The molecule has 1 unspecified atom stereocenters. The Bertz CT molecular complexity index is 756. The van der Waals surface area contributed by atoms with Crippen LogP contribution in [0.2, 0.25) is 0 Å². The van der Waals surface area contributed by atoms with Gasteiger partial charge in [0.15, 0.2) is 5.96 Å². The smallest absolute Gasteiger partial charge is 0.193 e. The fourth-order valence-corrected chi connectivity index (χ4v) is 4.37. The Morgan fingerprint density at radius 3 is 2.81 bits per heavy atom. The van der Waals surface area contributed by atoms with E-state index in [2.05, 4.69) is 57.7 Å². The molecule has 3 rings (SSSR count). The zero-order valence-corrected chi connectivity index (χ0v) is 17.6. The fraction of sp³-hybridized carbons (Fsp3) is 0.476. The van der Waals surface area contributed by atoms with Gasteiger partial charge in [0.05, 0.1) is 7.11 Å². The van der Waals surface area contributed by atoms with Crippen LogP contribution in [0.1, 0.15) is 22.9 Å². The van der Waals surface area contributed by atoms with Crippen molar-refractivity contribution in [2.24, 2.45) is 4.99 Å². The van der Waals surface area contributed by atoms with Gasteiger partial charge in [-0.15, -0.1) is 11.3 Å². The minimum atomic E-state index is 0.462. The number of benzene rings is 1. The van der Waals surface area contributed by atoms with Crippen molar-refractivity contribution < 1.29 is 4.74 Å². The first kappa shape index (κ1) is 19.7. The van der Waals surface area contributed by atoms with Crippen LogP contribution in [0.4, 0.5) is 0 Å². The standard InChI is InChI=1S/C21H30N4OS/c1-16(25-11-9-20-18(15-25)10-12-27-20)13-23-21(22-2)24(3)14-17-5-7-19(26-4)8-6-17/h5-8,10,12,16H,9,11,13-15H2,1-4H3,(H,22,23). The molecule has 0 amide bonds. The number of fused-ring (bicyclic) bond motifs is 1. The highest BCUT2D eigenvalue weighted by Crippen LogP contribution is 2.25. The number of guanidine groups is 1. The van der Waals surface area contributed by atoms with Crippen LogP contribution >= 0.6 is 11.3 Å². The highest BCUT2D eigenvalue weighted by Gasteiger charge is 2.21. The van der Waals surface area contributed by atoms with Gasteiger partial charge in [-0.3, -0.25) is 9.89 Å². The van der Waals surface area contributed by atoms with Gasteiger partial charge in [-0.25, -0.2) is 0 Å². The summed E-state index contributed by atoms with van der Waals surface area (Å²) in [7, 11) is 5.61.